The van der Waals surface area contributed by atoms with Gasteiger partial charge in [-0.2, -0.15) is 0 Å². The maximum atomic E-state index is 13.6. The molecule has 0 unspecified atom stereocenters. The second-order valence-corrected chi connectivity index (χ2v) is 9.77. The van der Waals surface area contributed by atoms with Crippen LogP contribution < -0.4 is 15.6 Å². The molecule has 0 aliphatic carbocycles. The normalized spacial score (nSPS) is 12.1. The zero-order chi connectivity index (χ0) is 25.4. The Balaban J connectivity index is 1.53. The van der Waals surface area contributed by atoms with E-state index in [0.717, 1.165) is 17.5 Å². The highest BCUT2D eigenvalue weighted by molar-refractivity contribution is 6.30. The van der Waals surface area contributed by atoms with Crippen molar-refractivity contribution in [3.63, 3.8) is 0 Å². The van der Waals surface area contributed by atoms with E-state index in [2.05, 4.69) is 26.1 Å². The van der Waals surface area contributed by atoms with E-state index in [-0.39, 0.29) is 18.0 Å². The first-order valence-electron chi connectivity index (χ1n) is 12.1. The standard InChI is InChI=1S/C29H28ClN3O3/c1-4-19-5-12-24(13-6-19)33-28(35)25-16-21-15-22(30)9-14-26(21)36-29(25)32(33)17-27(34)31-23-10-7-20(8-11-23)18(2)3/h5-15,18H,4,16-17H2,1-3H3,(H,31,34). The Morgan fingerprint density at radius 3 is 2.44 bits per heavy atom. The monoisotopic (exact) mass is 501 g/mol. The van der Waals surface area contributed by atoms with E-state index in [1.54, 1.807) is 16.8 Å². The lowest BCUT2D eigenvalue weighted by atomic mass is 10.0. The minimum Gasteiger partial charge on any atom is -0.439 e. The molecule has 184 valence electrons. The summed E-state index contributed by atoms with van der Waals surface area (Å²) >= 11 is 6.18. The van der Waals surface area contributed by atoms with Crippen LogP contribution in [0, 0.1) is 0 Å². The number of amides is 1. The van der Waals surface area contributed by atoms with Crippen molar-refractivity contribution in [3.8, 4) is 17.3 Å². The molecule has 7 heteroatoms. The molecule has 0 saturated carbocycles. The molecule has 0 spiro atoms. The maximum absolute atomic E-state index is 13.6. The molecule has 0 saturated heterocycles. The molecule has 1 aliphatic rings. The molecule has 1 amide bonds. The fourth-order valence-electron chi connectivity index (χ4n) is 4.48. The van der Waals surface area contributed by atoms with Gasteiger partial charge in [0.2, 0.25) is 11.8 Å². The molecule has 1 aliphatic heterocycles. The number of anilines is 1. The second-order valence-electron chi connectivity index (χ2n) is 9.33. The molecule has 0 bridgehead atoms. The number of hydrogen-bond donors (Lipinski definition) is 1. The van der Waals surface area contributed by atoms with Gasteiger partial charge >= 0.3 is 0 Å². The summed E-state index contributed by atoms with van der Waals surface area (Å²) in [6.07, 6.45) is 1.27. The molecule has 2 heterocycles. The number of aryl methyl sites for hydroxylation is 1. The van der Waals surface area contributed by atoms with Gasteiger partial charge in [0.1, 0.15) is 12.3 Å². The lowest BCUT2D eigenvalue weighted by Gasteiger charge is -2.20. The number of nitrogens with zero attached hydrogens (tertiary/aromatic N) is 2. The van der Waals surface area contributed by atoms with Crippen LogP contribution in [0.5, 0.6) is 11.6 Å². The van der Waals surface area contributed by atoms with Gasteiger partial charge < -0.3 is 10.1 Å². The maximum Gasteiger partial charge on any atom is 0.278 e. The summed E-state index contributed by atoms with van der Waals surface area (Å²) < 4.78 is 9.33. The van der Waals surface area contributed by atoms with Crippen LogP contribution in [0.15, 0.2) is 71.5 Å². The van der Waals surface area contributed by atoms with Crippen molar-refractivity contribution < 1.29 is 9.53 Å². The van der Waals surface area contributed by atoms with Crippen LogP contribution in [0.2, 0.25) is 5.02 Å². The van der Waals surface area contributed by atoms with Gasteiger partial charge in [0.05, 0.1) is 11.3 Å². The Hall–Kier alpha value is -3.77. The van der Waals surface area contributed by atoms with E-state index in [1.165, 1.54) is 10.2 Å². The molecular weight excluding hydrogens is 474 g/mol. The van der Waals surface area contributed by atoms with Crippen LogP contribution in [0.1, 0.15) is 48.9 Å². The minimum absolute atomic E-state index is 0.0883. The zero-order valence-corrected chi connectivity index (χ0v) is 21.3. The van der Waals surface area contributed by atoms with E-state index >= 15 is 0 Å². The van der Waals surface area contributed by atoms with Gasteiger partial charge in [-0.15, -0.1) is 0 Å². The zero-order valence-electron chi connectivity index (χ0n) is 20.5. The molecule has 1 aromatic heterocycles. The third-order valence-electron chi connectivity index (χ3n) is 6.52. The summed E-state index contributed by atoms with van der Waals surface area (Å²) in [5, 5.41) is 3.53. The van der Waals surface area contributed by atoms with E-state index in [4.69, 9.17) is 16.3 Å². The van der Waals surface area contributed by atoms with E-state index in [1.807, 2.05) is 54.6 Å². The van der Waals surface area contributed by atoms with Gasteiger partial charge in [-0.1, -0.05) is 56.6 Å². The van der Waals surface area contributed by atoms with Gasteiger partial charge in [-0.3, -0.25) is 9.59 Å². The molecule has 5 rings (SSSR count). The van der Waals surface area contributed by atoms with Gasteiger partial charge in [0, 0.05) is 22.7 Å². The van der Waals surface area contributed by atoms with Crippen molar-refractivity contribution >= 4 is 23.2 Å². The predicted octanol–water partition coefficient (Wildman–Crippen LogP) is 6.31. The number of aromatic nitrogens is 2. The van der Waals surface area contributed by atoms with Crippen LogP contribution in [0.25, 0.3) is 5.69 Å². The number of nitrogens with one attached hydrogen (secondary N) is 1. The fourth-order valence-corrected chi connectivity index (χ4v) is 4.68. The Labute approximate surface area is 215 Å². The average Bonchev–Trinajstić information content (AvgIpc) is 3.13. The van der Waals surface area contributed by atoms with Crippen LogP contribution in [-0.2, 0) is 24.2 Å². The molecule has 4 aromatic rings. The van der Waals surface area contributed by atoms with Crippen LogP contribution in [0.4, 0.5) is 5.69 Å². The first-order valence-corrected chi connectivity index (χ1v) is 12.5. The molecule has 0 radical (unpaired) electrons. The quantitative estimate of drug-likeness (QED) is 0.296. The van der Waals surface area contributed by atoms with Crippen LogP contribution in [0.3, 0.4) is 0 Å². The summed E-state index contributed by atoms with van der Waals surface area (Å²) in [7, 11) is 0. The third-order valence-corrected chi connectivity index (χ3v) is 6.76. The van der Waals surface area contributed by atoms with Gasteiger partial charge in [-0.25, -0.2) is 9.36 Å². The molecular formula is C29H28ClN3O3. The summed E-state index contributed by atoms with van der Waals surface area (Å²) in [6, 6.07) is 20.9. The molecule has 36 heavy (non-hydrogen) atoms. The lowest BCUT2D eigenvalue weighted by Crippen LogP contribution is -2.27. The summed E-state index contributed by atoms with van der Waals surface area (Å²) in [5.41, 5.74) is 4.86. The SMILES string of the molecule is CCc1ccc(-n2c(=O)c3c(n2CC(=O)Nc2ccc(C(C)C)cc2)Oc2ccc(Cl)cc2C3)cc1. The second kappa shape index (κ2) is 9.70. The summed E-state index contributed by atoms with van der Waals surface area (Å²) in [6.45, 7) is 6.24. The van der Waals surface area contributed by atoms with Crippen molar-refractivity contribution in [1.82, 2.24) is 9.36 Å². The number of halogens is 1. The van der Waals surface area contributed by atoms with Gasteiger partial charge in [-0.05, 0) is 65.9 Å². The third kappa shape index (κ3) is 4.56. The molecule has 1 N–H and O–H groups in total. The van der Waals surface area contributed by atoms with Crippen molar-refractivity contribution in [3.05, 3.63) is 104 Å². The Bertz CT molecular complexity index is 1480. The number of carbonyl (C=O) groups is 1. The number of benzene rings is 3. The Morgan fingerprint density at radius 1 is 1.06 bits per heavy atom. The summed E-state index contributed by atoms with van der Waals surface area (Å²) in [5.74, 6) is 1.16. The fraction of sp³-hybridized carbons (Fsp3) is 0.241. The highest BCUT2D eigenvalue weighted by atomic mass is 35.5. The summed E-state index contributed by atoms with van der Waals surface area (Å²) in [4.78, 5) is 26.8. The van der Waals surface area contributed by atoms with Crippen molar-refractivity contribution in [2.45, 2.75) is 46.1 Å². The highest BCUT2D eigenvalue weighted by Crippen LogP contribution is 2.37. The number of hydrogen-bond acceptors (Lipinski definition) is 3. The smallest absolute Gasteiger partial charge is 0.278 e. The first-order chi connectivity index (χ1) is 17.3. The van der Waals surface area contributed by atoms with Gasteiger partial charge in [0.15, 0.2) is 0 Å². The Morgan fingerprint density at radius 2 is 1.78 bits per heavy atom. The largest absolute Gasteiger partial charge is 0.439 e. The average molecular weight is 502 g/mol. The van der Waals surface area contributed by atoms with Gasteiger partial charge in [0.25, 0.3) is 5.56 Å². The first kappa shape index (κ1) is 23.9. The molecule has 0 fully saturated rings. The highest BCUT2D eigenvalue weighted by Gasteiger charge is 2.29. The molecule has 3 aromatic carbocycles. The van der Waals surface area contributed by atoms with Crippen LogP contribution >= 0.6 is 11.6 Å². The lowest BCUT2D eigenvalue weighted by molar-refractivity contribution is -0.117. The number of ether oxygens (including phenoxy) is 1. The number of fused-ring (bicyclic) bond motifs is 2. The molecule has 6 nitrogen and oxygen atoms in total. The minimum atomic E-state index is -0.255. The van der Waals surface area contributed by atoms with E-state index in [9.17, 15) is 9.59 Å². The number of carbonyl (C=O) groups excluding carboxylic acids is 1. The van der Waals surface area contributed by atoms with Crippen molar-refractivity contribution in [2.75, 3.05) is 5.32 Å². The number of rotatable bonds is 6. The Kier molecular flexibility index (Phi) is 6.46. The van der Waals surface area contributed by atoms with E-state index < -0.39 is 0 Å². The van der Waals surface area contributed by atoms with Crippen molar-refractivity contribution in [1.29, 1.82) is 0 Å². The van der Waals surface area contributed by atoms with E-state index in [0.29, 0.717) is 45.9 Å². The molecule has 0 atom stereocenters. The van der Waals surface area contributed by atoms with Crippen molar-refractivity contribution in [2.24, 2.45) is 0 Å². The van der Waals surface area contributed by atoms with Crippen LogP contribution in [-0.4, -0.2) is 15.3 Å². The topological polar surface area (TPSA) is 65.3 Å². The predicted molar refractivity (Wildman–Crippen MR) is 143 cm³/mol.